The molecule has 1 aliphatic rings. The number of morpholine rings is 1. The monoisotopic (exact) mass is 454 g/mol. The Morgan fingerprint density at radius 1 is 0.969 bits per heavy atom. The number of aromatic nitrogens is 2. The Bertz CT molecular complexity index is 1190. The Labute approximate surface area is 188 Å². The topological polar surface area (TPSA) is 93.7 Å². The van der Waals surface area contributed by atoms with Gasteiger partial charge in [0, 0.05) is 24.3 Å². The molecule has 3 aromatic rings. The first-order chi connectivity index (χ1) is 15.4. The predicted molar refractivity (Wildman–Crippen MR) is 124 cm³/mol. The first-order valence-electron chi connectivity index (χ1n) is 10.3. The Morgan fingerprint density at radius 3 is 2.28 bits per heavy atom. The number of sulfonamides is 1. The highest BCUT2D eigenvalue weighted by atomic mass is 32.2. The van der Waals surface area contributed by atoms with Gasteiger partial charge in [0.2, 0.25) is 0 Å². The van der Waals surface area contributed by atoms with Gasteiger partial charge in [0.25, 0.3) is 10.0 Å². The van der Waals surface area contributed by atoms with E-state index in [0.29, 0.717) is 30.3 Å². The zero-order valence-electron chi connectivity index (χ0n) is 18.3. The molecule has 4 rings (SSSR count). The summed E-state index contributed by atoms with van der Waals surface area (Å²) in [4.78, 5) is 2.25. The van der Waals surface area contributed by atoms with Crippen LogP contribution >= 0.6 is 0 Å². The van der Waals surface area contributed by atoms with E-state index in [1.165, 1.54) is 7.11 Å². The number of methoxy groups -OCH3 is 1. The molecule has 2 heterocycles. The smallest absolute Gasteiger partial charge is 0.265 e. The highest BCUT2D eigenvalue weighted by Crippen LogP contribution is 2.29. The second-order valence-corrected chi connectivity index (χ2v) is 9.30. The molecular formula is C23H26N4O4S. The molecule has 32 heavy (non-hydrogen) atoms. The van der Waals surface area contributed by atoms with Crippen LogP contribution in [0.3, 0.4) is 0 Å². The van der Waals surface area contributed by atoms with E-state index in [4.69, 9.17) is 9.47 Å². The molecule has 0 radical (unpaired) electrons. The number of nitrogens with one attached hydrogen (secondary N) is 1. The third-order valence-corrected chi connectivity index (χ3v) is 6.89. The quantitative estimate of drug-likeness (QED) is 0.610. The molecular weight excluding hydrogens is 428 g/mol. The average molecular weight is 455 g/mol. The van der Waals surface area contributed by atoms with Crippen molar-refractivity contribution in [1.82, 2.24) is 10.2 Å². The SMILES string of the molecule is COc1cc(C)c(C)cc1S(=O)(=O)Nc1ccc(-c2ccc(N3CCOCC3)nn2)cc1. The van der Waals surface area contributed by atoms with Gasteiger partial charge in [-0.05, 0) is 61.4 Å². The number of nitrogens with zero attached hydrogens (tertiary/aromatic N) is 3. The molecule has 1 saturated heterocycles. The Balaban J connectivity index is 1.51. The van der Waals surface area contributed by atoms with Gasteiger partial charge in [-0.25, -0.2) is 8.42 Å². The lowest BCUT2D eigenvalue weighted by atomic mass is 10.1. The molecule has 1 aromatic heterocycles. The molecule has 0 saturated carbocycles. The van der Waals surface area contributed by atoms with Crippen LogP contribution in [0.4, 0.5) is 11.5 Å². The highest BCUT2D eigenvalue weighted by Gasteiger charge is 2.21. The number of hydrogen-bond acceptors (Lipinski definition) is 7. The largest absolute Gasteiger partial charge is 0.495 e. The molecule has 0 bridgehead atoms. The number of ether oxygens (including phenoxy) is 2. The minimum atomic E-state index is -3.81. The lowest BCUT2D eigenvalue weighted by Crippen LogP contribution is -2.36. The molecule has 1 aliphatic heterocycles. The van der Waals surface area contributed by atoms with E-state index in [1.807, 2.05) is 38.1 Å². The summed E-state index contributed by atoms with van der Waals surface area (Å²) < 4.78 is 39.2. The fourth-order valence-corrected chi connectivity index (χ4v) is 4.79. The van der Waals surface area contributed by atoms with Crippen LogP contribution < -0.4 is 14.4 Å². The van der Waals surface area contributed by atoms with E-state index in [9.17, 15) is 8.42 Å². The summed E-state index contributed by atoms with van der Waals surface area (Å²) in [7, 11) is -2.35. The van der Waals surface area contributed by atoms with Gasteiger partial charge in [-0.2, -0.15) is 0 Å². The Kier molecular flexibility index (Phi) is 6.29. The third-order valence-electron chi connectivity index (χ3n) is 5.49. The van der Waals surface area contributed by atoms with Crippen LogP contribution in [0.25, 0.3) is 11.3 Å². The van der Waals surface area contributed by atoms with Crippen LogP contribution in [0.15, 0.2) is 53.4 Å². The Morgan fingerprint density at radius 2 is 1.66 bits per heavy atom. The highest BCUT2D eigenvalue weighted by molar-refractivity contribution is 7.92. The maximum absolute atomic E-state index is 13.0. The molecule has 0 amide bonds. The van der Waals surface area contributed by atoms with E-state index >= 15 is 0 Å². The summed E-state index contributed by atoms with van der Waals surface area (Å²) in [5.74, 6) is 1.14. The Hall–Kier alpha value is -3.17. The van der Waals surface area contributed by atoms with Gasteiger partial charge in [0.1, 0.15) is 10.6 Å². The van der Waals surface area contributed by atoms with Crippen molar-refractivity contribution in [3.8, 4) is 17.0 Å². The standard InChI is InChI=1S/C23H26N4O4S/c1-16-14-21(30-3)22(15-17(16)2)32(28,29)26-19-6-4-18(5-7-19)20-8-9-23(25-24-20)27-10-12-31-13-11-27/h4-9,14-15,26H,10-13H2,1-3H3. The van der Waals surface area contributed by atoms with Crippen molar-refractivity contribution < 1.29 is 17.9 Å². The second kappa shape index (κ2) is 9.13. The van der Waals surface area contributed by atoms with E-state index in [1.54, 1.807) is 24.3 Å². The van der Waals surface area contributed by atoms with Crippen LogP contribution in [0.1, 0.15) is 11.1 Å². The van der Waals surface area contributed by atoms with E-state index in [2.05, 4.69) is 19.8 Å². The van der Waals surface area contributed by atoms with Gasteiger partial charge in [-0.1, -0.05) is 12.1 Å². The summed E-state index contributed by atoms with van der Waals surface area (Å²) >= 11 is 0. The van der Waals surface area contributed by atoms with Gasteiger partial charge >= 0.3 is 0 Å². The number of anilines is 2. The summed E-state index contributed by atoms with van der Waals surface area (Å²) in [5, 5.41) is 8.66. The minimum absolute atomic E-state index is 0.108. The molecule has 1 fully saturated rings. The van der Waals surface area contributed by atoms with Crippen LogP contribution in [0, 0.1) is 13.8 Å². The van der Waals surface area contributed by atoms with Gasteiger partial charge in [0.05, 0.1) is 26.0 Å². The molecule has 0 spiro atoms. The van der Waals surface area contributed by atoms with Gasteiger partial charge in [-0.3, -0.25) is 4.72 Å². The molecule has 8 nitrogen and oxygen atoms in total. The maximum atomic E-state index is 13.0. The van der Waals surface area contributed by atoms with Gasteiger partial charge < -0.3 is 14.4 Å². The van der Waals surface area contributed by atoms with Gasteiger partial charge in [-0.15, -0.1) is 10.2 Å². The molecule has 0 aliphatic carbocycles. The first-order valence-corrected chi connectivity index (χ1v) is 11.8. The fourth-order valence-electron chi connectivity index (χ4n) is 3.49. The van der Waals surface area contributed by atoms with Crippen LogP contribution in [0.5, 0.6) is 5.75 Å². The van der Waals surface area contributed by atoms with Gasteiger partial charge in [0.15, 0.2) is 5.82 Å². The van der Waals surface area contributed by atoms with Crippen molar-refractivity contribution in [3.63, 3.8) is 0 Å². The van der Waals surface area contributed by atoms with Crippen LogP contribution in [-0.2, 0) is 14.8 Å². The lowest BCUT2D eigenvalue weighted by Gasteiger charge is -2.27. The average Bonchev–Trinajstić information content (AvgIpc) is 2.81. The summed E-state index contributed by atoms with van der Waals surface area (Å²) in [5.41, 5.74) is 3.85. The molecule has 1 N–H and O–H groups in total. The second-order valence-electron chi connectivity index (χ2n) is 7.65. The van der Waals surface area contributed by atoms with Crippen molar-refractivity contribution in [2.24, 2.45) is 0 Å². The van der Waals surface area contributed by atoms with Crippen molar-refractivity contribution >= 4 is 21.5 Å². The van der Waals surface area contributed by atoms with Crippen molar-refractivity contribution in [2.75, 3.05) is 43.0 Å². The third kappa shape index (κ3) is 4.68. The number of aryl methyl sites for hydroxylation is 2. The van der Waals surface area contributed by atoms with Crippen molar-refractivity contribution in [1.29, 1.82) is 0 Å². The van der Waals surface area contributed by atoms with E-state index < -0.39 is 10.0 Å². The summed E-state index contributed by atoms with van der Waals surface area (Å²) in [6, 6.07) is 14.2. The molecule has 2 aromatic carbocycles. The maximum Gasteiger partial charge on any atom is 0.265 e. The normalized spacial score (nSPS) is 14.3. The molecule has 168 valence electrons. The zero-order chi connectivity index (χ0) is 22.7. The van der Waals surface area contributed by atoms with Crippen molar-refractivity contribution in [3.05, 3.63) is 59.7 Å². The number of rotatable bonds is 6. The molecule has 9 heteroatoms. The summed E-state index contributed by atoms with van der Waals surface area (Å²) in [6.07, 6.45) is 0. The molecule has 0 atom stereocenters. The first kappa shape index (κ1) is 22.0. The fraction of sp³-hybridized carbons (Fsp3) is 0.304. The predicted octanol–water partition coefficient (Wildman–Crippen LogP) is 3.41. The van der Waals surface area contributed by atoms with Crippen LogP contribution in [-0.4, -0.2) is 52.0 Å². The van der Waals surface area contributed by atoms with E-state index in [0.717, 1.165) is 35.6 Å². The summed E-state index contributed by atoms with van der Waals surface area (Å²) in [6.45, 7) is 6.76. The van der Waals surface area contributed by atoms with Crippen LogP contribution in [0.2, 0.25) is 0 Å². The number of benzene rings is 2. The zero-order valence-corrected chi connectivity index (χ0v) is 19.1. The lowest BCUT2D eigenvalue weighted by molar-refractivity contribution is 0.122. The molecule has 0 unspecified atom stereocenters. The van der Waals surface area contributed by atoms with E-state index in [-0.39, 0.29) is 4.90 Å². The number of hydrogen-bond donors (Lipinski definition) is 1. The minimum Gasteiger partial charge on any atom is -0.495 e. The van der Waals surface area contributed by atoms with Crippen molar-refractivity contribution in [2.45, 2.75) is 18.7 Å².